The first kappa shape index (κ1) is 12.2. The average molecular weight is 246 g/mol. The lowest BCUT2D eigenvalue weighted by molar-refractivity contribution is -0.0864. The van der Waals surface area contributed by atoms with Crippen molar-refractivity contribution in [2.24, 2.45) is 10.9 Å². The lowest BCUT2D eigenvalue weighted by atomic mass is 9.78. The molecular weight excluding hydrogens is 228 g/mol. The molecular formula is C10H18N2O3S. The smallest absolute Gasteiger partial charge is 0.156 e. The predicted molar refractivity (Wildman–Crippen MR) is 63.5 cm³/mol. The van der Waals surface area contributed by atoms with E-state index >= 15 is 0 Å². The third-order valence-corrected chi connectivity index (χ3v) is 4.75. The Morgan fingerprint density at radius 3 is 2.69 bits per heavy atom. The van der Waals surface area contributed by atoms with Crippen molar-refractivity contribution in [3.8, 4) is 0 Å². The van der Waals surface area contributed by atoms with E-state index in [9.17, 15) is 15.3 Å². The minimum Gasteiger partial charge on any atom is -0.393 e. The molecule has 1 saturated carbocycles. The number of rotatable bonds is 1. The Labute approximate surface area is 99.0 Å². The summed E-state index contributed by atoms with van der Waals surface area (Å²) in [5.74, 6) is -0.262. The van der Waals surface area contributed by atoms with Crippen molar-refractivity contribution in [3.63, 3.8) is 0 Å². The van der Waals surface area contributed by atoms with Gasteiger partial charge in [-0.1, -0.05) is 11.8 Å². The van der Waals surface area contributed by atoms with Crippen LogP contribution < -0.4 is 5.32 Å². The molecule has 2 aliphatic rings. The zero-order valence-electron chi connectivity index (χ0n) is 9.37. The second-order valence-corrected chi connectivity index (χ2v) is 5.70. The molecule has 6 atom stereocenters. The van der Waals surface area contributed by atoms with Crippen molar-refractivity contribution in [1.29, 1.82) is 0 Å². The molecule has 0 spiro atoms. The molecule has 6 heteroatoms. The van der Waals surface area contributed by atoms with Crippen molar-refractivity contribution < 1.29 is 15.3 Å². The van der Waals surface area contributed by atoms with Crippen molar-refractivity contribution in [3.05, 3.63) is 0 Å². The van der Waals surface area contributed by atoms with Crippen LogP contribution in [0.2, 0.25) is 0 Å². The van der Waals surface area contributed by atoms with Gasteiger partial charge in [0.25, 0.3) is 0 Å². The van der Waals surface area contributed by atoms with Gasteiger partial charge in [0.15, 0.2) is 5.17 Å². The summed E-state index contributed by atoms with van der Waals surface area (Å²) in [5, 5.41) is 33.6. The molecule has 0 bridgehead atoms. The molecule has 4 N–H and O–H groups in total. The molecule has 1 saturated heterocycles. The molecule has 0 aromatic carbocycles. The number of amidine groups is 1. The minimum atomic E-state index is -0.870. The monoisotopic (exact) mass is 246 g/mol. The maximum Gasteiger partial charge on any atom is 0.156 e. The Morgan fingerprint density at radius 2 is 2.12 bits per heavy atom. The van der Waals surface area contributed by atoms with Crippen molar-refractivity contribution in [2.75, 3.05) is 7.05 Å². The first-order valence-corrected chi connectivity index (χ1v) is 6.36. The molecule has 2 rings (SSSR count). The second kappa shape index (κ2) is 4.52. The normalized spacial score (nSPS) is 47.6. The van der Waals surface area contributed by atoms with Crippen LogP contribution in [0.3, 0.4) is 0 Å². The predicted octanol–water partition coefficient (Wildman–Crippen LogP) is -0.832. The summed E-state index contributed by atoms with van der Waals surface area (Å²) in [5.41, 5.74) is 0. The molecule has 2 fully saturated rings. The van der Waals surface area contributed by atoms with Crippen molar-refractivity contribution in [1.82, 2.24) is 5.32 Å². The highest BCUT2D eigenvalue weighted by molar-refractivity contribution is 8.14. The van der Waals surface area contributed by atoms with Crippen molar-refractivity contribution in [2.45, 2.75) is 42.9 Å². The van der Waals surface area contributed by atoms with Crippen LogP contribution in [0, 0.1) is 5.92 Å². The SMILES string of the molecule is CN=C1NC2C(CC(C(C)O)C(O)C2O)S1. The van der Waals surface area contributed by atoms with E-state index in [1.165, 1.54) is 0 Å². The summed E-state index contributed by atoms with van der Waals surface area (Å²) in [7, 11) is 1.70. The Balaban J connectivity index is 2.15. The van der Waals surface area contributed by atoms with Crippen LogP contribution in [-0.2, 0) is 0 Å². The maximum atomic E-state index is 9.99. The molecule has 6 unspecified atom stereocenters. The zero-order valence-corrected chi connectivity index (χ0v) is 10.2. The Morgan fingerprint density at radius 1 is 1.44 bits per heavy atom. The molecule has 1 aliphatic heterocycles. The summed E-state index contributed by atoms with van der Waals surface area (Å²) < 4.78 is 0. The van der Waals surface area contributed by atoms with E-state index < -0.39 is 18.3 Å². The van der Waals surface area contributed by atoms with E-state index in [0.717, 1.165) is 5.17 Å². The molecule has 0 aromatic heterocycles. The van der Waals surface area contributed by atoms with Gasteiger partial charge in [-0.05, 0) is 13.3 Å². The molecule has 5 nitrogen and oxygen atoms in total. The van der Waals surface area contributed by atoms with Crippen LogP contribution in [0.4, 0.5) is 0 Å². The molecule has 92 valence electrons. The third-order valence-electron chi connectivity index (χ3n) is 3.44. The van der Waals surface area contributed by atoms with Crippen LogP contribution in [-0.4, -0.2) is 57.1 Å². The number of aliphatic hydroxyl groups is 3. The number of thioether (sulfide) groups is 1. The zero-order chi connectivity index (χ0) is 11.9. The molecule has 0 amide bonds. The minimum absolute atomic E-state index is 0.159. The second-order valence-electron chi connectivity index (χ2n) is 4.48. The van der Waals surface area contributed by atoms with Gasteiger partial charge in [-0.15, -0.1) is 0 Å². The topological polar surface area (TPSA) is 85.1 Å². The average Bonchev–Trinajstić information content (AvgIpc) is 2.66. The number of aliphatic hydroxyl groups excluding tert-OH is 3. The van der Waals surface area contributed by atoms with Crippen LogP contribution in [0.25, 0.3) is 0 Å². The van der Waals surface area contributed by atoms with Crippen molar-refractivity contribution >= 4 is 16.9 Å². The van der Waals surface area contributed by atoms with E-state index in [1.54, 1.807) is 25.7 Å². The quantitative estimate of drug-likeness (QED) is 0.485. The highest BCUT2D eigenvalue weighted by atomic mass is 32.2. The third kappa shape index (κ3) is 1.95. The summed E-state index contributed by atoms with van der Waals surface area (Å²) in [6.07, 6.45) is -1.62. The first-order chi connectivity index (χ1) is 7.54. The highest BCUT2D eigenvalue weighted by Gasteiger charge is 2.48. The van der Waals surface area contributed by atoms with Gasteiger partial charge < -0.3 is 20.6 Å². The fraction of sp³-hybridized carbons (Fsp3) is 0.900. The molecule has 0 aromatic rings. The van der Waals surface area contributed by atoms with Gasteiger partial charge in [-0.3, -0.25) is 4.99 Å². The largest absolute Gasteiger partial charge is 0.393 e. The Hall–Kier alpha value is -0.300. The fourth-order valence-electron chi connectivity index (χ4n) is 2.46. The van der Waals surface area contributed by atoms with E-state index in [4.69, 9.17) is 0 Å². The molecule has 1 heterocycles. The number of hydrogen-bond donors (Lipinski definition) is 4. The molecule has 1 aliphatic carbocycles. The van der Waals surface area contributed by atoms with Crippen LogP contribution in [0.1, 0.15) is 13.3 Å². The fourth-order valence-corrected chi connectivity index (χ4v) is 3.75. The summed E-state index contributed by atoms with van der Waals surface area (Å²) >= 11 is 1.58. The van der Waals surface area contributed by atoms with Gasteiger partial charge in [-0.2, -0.15) is 0 Å². The van der Waals surface area contributed by atoms with E-state index in [2.05, 4.69) is 10.3 Å². The van der Waals surface area contributed by atoms with E-state index in [-0.39, 0.29) is 17.2 Å². The number of hydrogen-bond acceptors (Lipinski definition) is 5. The lowest BCUT2D eigenvalue weighted by Crippen LogP contribution is -2.57. The van der Waals surface area contributed by atoms with Gasteiger partial charge in [-0.25, -0.2) is 0 Å². The van der Waals surface area contributed by atoms with Gasteiger partial charge in [0.05, 0.1) is 18.2 Å². The molecule has 0 radical (unpaired) electrons. The van der Waals surface area contributed by atoms with Gasteiger partial charge in [0, 0.05) is 18.2 Å². The Bertz CT molecular complexity index is 298. The number of aliphatic imine (C=N–C) groups is 1. The van der Waals surface area contributed by atoms with Gasteiger partial charge in [0.2, 0.25) is 0 Å². The summed E-state index contributed by atoms with van der Waals surface area (Å²) in [4.78, 5) is 4.05. The van der Waals surface area contributed by atoms with Crippen LogP contribution >= 0.6 is 11.8 Å². The maximum absolute atomic E-state index is 9.99. The van der Waals surface area contributed by atoms with Crippen LogP contribution in [0.5, 0.6) is 0 Å². The lowest BCUT2D eigenvalue weighted by Gasteiger charge is -2.40. The summed E-state index contributed by atoms with van der Waals surface area (Å²) in [6.45, 7) is 1.66. The first-order valence-electron chi connectivity index (χ1n) is 5.48. The number of nitrogens with one attached hydrogen (secondary N) is 1. The Kier molecular flexibility index (Phi) is 3.44. The number of fused-ring (bicyclic) bond motifs is 1. The highest BCUT2D eigenvalue weighted by Crippen LogP contribution is 2.38. The standard InChI is InChI=1S/C10H18N2O3S/c1-4(13)5-3-6-7(9(15)8(5)14)12-10(11-2)16-6/h4-9,13-15H,3H2,1-2H3,(H,11,12). The summed E-state index contributed by atoms with van der Waals surface area (Å²) in [6, 6.07) is -0.159. The van der Waals surface area contributed by atoms with Gasteiger partial charge in [0.1, 0.15) is 6.10 Å². The van der Waals surface area contributed by atoms with Crippen LogP contribution in [0.15, 0.2) is 4.99 Å². The number of nitrogens with zero attached hydrogens (tertiary/aromatic N) is 1. The van der Waals surface area contributed by atoms with E-state index in [0.29, 0.717) is 6.42 Å². The molecule has 16 heavy (non-hydrogen) atoms. The van der Waals surface area contributed by atoms with Gasteiger partial charge >= 0.3 is 0 Å². The van der Waals surface area contributed by atoms with E-state index in [1.807, 2.05) is 0 Å².